The van der Waals surface area contributed by atoms with Gasteiger partial charge in [-0.2, -0.15) is 0 Å². The van der Waals surface area contributed by atoms with Gasteiger partial charge in [-0.3, -0.25) is 9.32 Å². The summed E-state index contributed by atoms with van der Waals surface area (Å²) in [4.78, 5) is 12.2. The Morgan fingerprint density at radius 3 is 2.05 bits per heavy atom. The molecule has 1 aliphatic rings. The molecule has 1 aliphatic heterocycles. The minimum Gasteiger partial charge on any atom is -0.373 e. The van der Waals surface area contributed by atoms with E-state index in [4.69, 9.17) is 13.4 Å². The third-order valence-electron chi connectivity index (χ3n) is 7.40. The van der Waals surface area contributed by atoms with Crippen LogP contribution in [0.5, 0.6) is 0 Å². The summed E-state index contributed by atoms with van der Waals surface area (Å²) in [6.45, 7) is 8.71. The van der Waals surface area contributed by atoms with E-state index in [1.165, 1.54) is 114 Å². The summed E-state index contributed by atoms with van der Waals surface area (Å²) in [5.74, 6) is 1.43. The lowest BCUT2D eigenvalue weighted by Gasteiger charge is -2.33. The van der Waals surface area contributed by atoms with Crippen LogP contribution in [-0.2, 0) is 18.2 Å². The number of rotatable bonds is 24. The zero-order valence-corrected chi connectivity index (χ0v) is 26.6. The van der Waals surface area contributed by atoms with Gasteiger partial charge in [0.25, 0.3) is 0 Å². The molecular formula is C30H61NO4SSi. The van der Waals surface area contributed by atoms with Crippen LogP contribution in [-0.4, -0.2) is 39.4 Å². The Balaban J connectivity index is 2.14. The first-order valence-corrected chi connectivity index (χ1v) is 18.9. The van der Waals surface area contributed by atoms with E-state index < -0.39 is 8.80 Å². The summed E-state index contributed by atoms with van der Waals surface area (Å²) in [7, 11) is -2.71. The number of hydrogen-bond donors (Lipinski definition) is 1. The number of carbonyl (C=O) groups excluding carboxylic acids is 1. The van der Waals surface area contributed by atoms with Gasteiger partial charge < -0.3 is 8.85 Å². The first-order valence-electron chi connectivity index (χ1n) is 16.0. The molecule has 2 unspecified atom stereocenters. The van der Waals surface area contributed by atoms with Crippen molar-refractivity contribution in [3.05, 3.63) is 0 Å². The van der Waals surface area contributed by atoms with Gasteiger partial charge in [-0.25, -0.2) is 5.48 Å². The molecule has 220 valence electrons. The first-order chi connectivity index (χ1) is 18.2. The van der Waals surface area contributed by atoms with Crippen LogP contribution >= 0.6 is 11.8 Å². The van der Waals surface area contributed by atoms with Crippen LogP contribution in [0.4, 0.5) is 0 Å². The lowest BCUT2D eigenvalue weighted by Crippen LogP contribution is -2.52. The van der Waals surface area contributed by atoms with E-state index in [0.29, 0.717) is 24.1 Å². The number of unbranched alkanes of at least 4 members (excludes halogenated alkanes) is 14. The van der Waals surface area contributed by atoms with Crippen molar-refractivity contribution in [1.82, 2.24) is 5.48 Å². The van der Waals surface area contributed by atoms with Gasteiger partial charge in [0.15, 0.2) is 5.12 Å². The Morgan fingerprint density at radius 2 is 1.43 bits per heavy atom. The third kappa shape index (κ3) is 19.7. The number of hydroxylamine groups is 1. The predicted octanol–water partition coefficient (Wildman–Crippen LogP) is 9.23. The van der Waals surface area contributed by atoms with Crippen molar-refractivity contribution < 1.29 is 18.2 Å². The molecule has 1 saturated heterocycles. The van der Waals surface area contributed by atoms with Crippen LogP contribution in [0.1, 0.15) is 149 Å². The van der Waals surface area contributed by atoms with E-state index >= 15 is 0 Å². The number of nitrogens with one attached hydrogen (secondary N) is 1. The van der Waals surface area contributed by atoms with Gasteiger partial charge in [-0.05, 0) is 38.5 Å². The van der Waals surface area contributed by atoms with E-state index in [0.717, 1.165) is 44.2 Å². The smallest absolute Gasteiger partial charge is 0.373 e. The highest BCUT2D eigenvalue weighted by Crippen LogP contribution is 2.24. The lowest BCUT2D eigenvalue weighted by molar-refractivity contribution is -0.111. The molecule has 1 fully saturated rings. The van der Waals surface area contributed by atoms with Gasteiger partial charge >= 0.3 is 8.80 Å². The quantitative estimate of drug-likeness (QED) is 0.0939. The van der Waals surface area contributed by atoms with E-state index in [2.05, 4.69) is 19.3 Å². The molecule has 0 spiro atoms. The summed E-state index contributed by atoms with van der Waals surface area (Å²) in [6, 6.07) is 0.772. The zero-order chi connectivity index (χ0) is 26.9. The van der Waals surface area contributed by atoms with Crippen LogP contribution in [0, 0.1) is 5.92 Å². The van der Waals surface area contributed by atoms with Crippen molar-refractivity contribution in [3.63, 3.8) is 0 Å². The van der Waals surface area contributed by atoms with Gasteiger partial charge in [-0.1, -0.05) is 122 Å². The molecule has 0 radical (unpaired) electrons. The molecule has 0 aromatic carbocycles. The molecule has 0 aliphatic carbocycles. The molecule has 7 heteroatoms. The highest BCUT2D eigenvalue weighted by molar-refractivity contribution is 8.13. The summed E-state index contributed by atoms with van der Waals surface area (Å²) in [5, 5.41) is 0.325. The van der Waals surface area contributed by atoms with E-state index in [-0.39, 0.29) is 0 Å². The second-order valence-electron chi connectivity index (χ2n) is 10.9. The predicted molar refractivity (Wildman–Crippen MR) is 162 cm³/mol. The van der Waals surface area contributed by atoms with Gasteiger partial charge in [-0.15, -0.1) is 0 Å². The molecule has 0 bridgehead atoms. The van der Waals surface area contributed by atoms with Gasteiger partial charge in [0.2, 0.25) is 0 Å². The Labute approximate surface area is 235 Å². The Bertz CT molecular complexity index is 516. The second-order valence-corrected chi connectivity index (χ2v) is 14.7. The molecule has 1 N–H and O–H groups in total. The molecule has 0 amide bonds. The van der Waals surface area contributed by atoms with Crippen molar-refractivity contribution >= 4 is 25.7 Å². The Kier molecular flexibility index (Phi) is 23.8. The van der Waals surface area contributed by atoms with Crippen LogP contribution in [0.2, 0.25) is 6.04 Å². The summed E-state index contributed by atoms with van der Waals surface area (Å²) >= 11 is 1.47. The molecule has 2 atom stereocenters. The van der Waals surface area contributed by atoms with E-state index in [9.17, 15) is 4.79 Å². The van der Waals surface area contributed by atoms with Crippen LogP contribution < -0.4 is 5.48 Å². The molecule has 5 nitrogen and oxygen atoms in total. The fourth-order valence-corrected chi connectivity index (χ4v) is 8.47. The lowest BCUT2D eigenvalue weighted by atomic mass is 9.97. The van der Waals surface area contributed by atoms with Crippen LogP contribution in [0.3, 0.4) is 0 Å². The number of hydrogen-bond acceptors (Lipinski definition) is 6. The highest BCUT2D eigenvalue weighted by atomic mass is 32.2. The van der Waals surface area contributed by atoms with Crippen molar-refractivity contribution in [2.24, 2.45) is 5.92 Å². The monoisotopic (exact) mass is 559 g/mol. The molecule has 37 heavy (non-hydrogen) atoms. The molecule has 0 saturated carbocycles. The van der Waals surface area contributed by atoms with Gasteiger partial charge in [0.1, 0.15) is 0 Å². The molecule has 1 heterocycles. The van der Waals surface area contributed by atoms with Crippen molar-refractivity contribution in [3.8, 4) is 0 Å². The topological polar surface area (TPSA) is 56.8 Å². The summed E-state index contributed by atoms with van der Waals surface area (Å²) < 4.78 is 18.5. The van der Waals surface area contributed by atoms with E-state index in [1.54, 1.807) is 0 Å². The van der Waals surface area contributed by atoms with Crippen molar-refractivity contribution in [2.45, 2.75) is 155 Å². The fraction of sp³-hybridized carbons (Fsp3) is 0.967. The van der Waals surface area contributed by atoms with Crippen LogP contribution in [0.15, 0.2) is 0 Å². The standard InChI is InChI=1S/C30H61NO4SSi/c1-4-7-9-11-12-13-14-15-16-18-19-22-29-24-25-34-37(33-6-3,35-31-28-29)27-21-26-36-30(32)23-20-17-10-8-5-2/h29,31H,4-28H2,1-3H3. The van der Waals surface area contributed by atoms with Crippen LogP contribution in [0.25, 0.3) is 0 Å². The third-order valence-corrected chi connectivity index (χ3v) is 11.2. The average Bonchev–Trinajstić information content (AvgIpc) is 2.88. The van der Waals surface area contributed by atoms with Gasteiger partial charge in [0, 0.05) is 38.0 Å². The Morgan fingerprint density at radius 1 is 0.838 bits per heavy atom. The molecular weight excluding hydrogens is 498 g/mol. The normalized spacial score (nSPS) is 20.6. The first kappa shape index (κ1) is 35.1. The fourth-order valence-electron chi connectivity index (χ4n) is 5.03. The average molecular weight is 560 g/mol. The second kappa shape index (κ2) is 25.1. The molecule has 1 rings (SSSR count). The van der Waals surface area contributed by atoms with Crippen molar-refractivity contribution in [1.29, 1.82) is 0 Å². The van der Waals surface area contributed by atoms with Crippen molar-refractivity contribution in [2.75, 3.05) is 25.5 Å². The summed E-state index contributed by atoms with van der Waals surface area (Å²) in [5.41, 5.74) is 3.24. The largest absolute Gasteiger partial charge is 0.517 e. The molecule has 0 aromatic rings. The van der Waals surface area contributed by atoms with E-state index in [1.807, 2.05) is 6.92 Å². The Hall–Kier alpha value is 0.0769. The highest BCUT2D eigenvalue weighted by Gasteiger charge is 2.42. The number of thioether (sulfide) groups is 1. The minimum atomic E-state index is -2.71. The minimum absolute atomic E-state index is 0.325. The number of carbonyl (C=O) groups is 1. The maximum absolute atomic E-state index is 12.2. The SMILES string of the molecule is CCCCCCCCCCCCCC1CCO[Si](CCCSC(=O)CCCCCCC)(OCC)ONC1. The maximum Gasteiger partial charge on any atom is 0.517 e. The van der Waals surface area contributed by atoms with Gasteiger partial charge in [0.05, 0.1) is 0 Å². The zero-order valence-electron chi connectivity index (χ0n) is 24.8. The molecule has 0 aromatic heterocycles. The summed E-state index contributed by atoms with van der Waals surface area (Å²) in [6.07, 6.45) is 25.2. The maximum atomic E-state index is 12.2.